The van der Waals surface area contributed by atoms with Crippen LogP contribution in [0.5, 0.6) is 5.75 Å². The molecule has 1 aromatic heterocycles. The van der Waals surface area contributed by atoms with Crippen LogP contribution in [0.15, 0.2) is 53.6 Å². The van der Waals surface area contributed by atoms with Gasteiger partial charge in [-0.15, -0.1) is 0 Å². The largest absolute Gasteiger partial charge is 0.482 e. The van der Waals surface area contributed by atoms with Crippen molar-refractivity contribution in [2.24, 2.45) is 0 Å². The molecule has 0 saturated carbocycles. The van der Waals surface area contributed by atoms with Crippen LogP contribution in [0, 0.1) is 0 Å². The molecule has 14 nitrogen and oxygen atoms in total. The van der Waals surface area contributed by atoms with Crippen LogP contribution >= 0.6 is 23.2 Å². The van der Waals surface area contributed by atoms with Crippen LogP contribution < -0.4 is 15.4 Å². The molecule has 4 rings (SSSR count). The van der Waals surface area contributed by atoms with E-state index in [9.17, 15) is 27.6 Å². The fourth-order valence-corrected chi connectivity index (χ4v) is 6.14. The number of carbonyl (C=O) groups is 4. The second-order valence-electron chi connectivity index (χ2n) is 11.4. The number of amides is 3. The molecule has 47 heavy (non-hydrogen) atoms. The summed E-state index contributed by atoms with van der Waals surface area (Å²) in [6.07, 6.45) is 1.31. The number of anilines is 1. The molecular weight excluding hydrogens is 677 g/mol. The molecule has 1 fully saturated rings. The Hall–Kier alpha value is -4.34. The highest BCUT2D eigenvalue weighted by Crippen LogP contribution is 2.27. The van der Waals surface area contributed by atoms with E-state index < -0.39 is 45.2 Å². The molecule has 252 valence electrons. The lowest BCUT2D eigenvalue weighted by atomic mass is 10.1. The Morgan fingerprint density at radius 2 is 1.60 bits per heavy atom. The van der Waals surface area contributed by atoms with E-state index in [-0.39, 0.29) is 44.6 Å². The Morgan fingerprint density at radius 1 is 0.979 bits per heavy atom. The second-order valence-corrected chi connectivity index (χ2v) is 14.0. The average molecular weight is 711 g/mol. The van der Waals surface area contributed by atoms with E-state index >= 15 is 0 Å². The van der Waals surface area contributed by atoms with Gasteiger partial charge in [0.15, 0.2) is 12.3 Å². The number of hydrogen-bond acceptors (Lipinski definition) is 10. The van der Waals surface area contributed by atoms with E-state index in [2.05, 4.69) is 20.5 Å². The first-order valence-corrected chi connectivity index (χ1v) is 16.5. The summed E-state index contributed by atoms with van der Waals surface area (Å²) in [6.45, 7) is 5.56. The number of methoxy groups -OCH3 is 1. The number of aromatic nitrogens is 2. The Morgan fingerprint density at radius 3 is 2.17 bits per heavy atom. The molecule has 3 amide bonds. The van der Waals surface area contributed by atoms with Crippen LogP contribution in [-0.2, 0) is 24.3 Å². The zero-order chi connectivity index (χ0) is 34.5. The molecule has 0 spiro atoms. The van der Waals surface area contributed by atoms with Crippen molar-refractivity contribution in [2.75, 3.05) is 32.1 Å². The van der Waals surface area contributed by atoms with Gasteiger partial charge in [-0.25, -0.2) is 9.59 Å². The van der Waals surface area contributed by atoms with Crippen molar-refractivity contribution >= 4 is 62.8 Å². The van der Waals surface area contributed by atoms with Crippen molar-refractivity contribution in [3.63, 3.8) is 0 Å². The van der Waals surface area contributed by atoms with Gasteiger partial charge in [0.05, 0.1) is 39.5 Å². The normalized spacial score (nSPS) is 13.9. The average Bonchev–Trinajstić information content (AvgIpc) is 3.44. The van der Waals surface area contributed by atoms with Crippen LogP contribution in [0.1, 0.15) is 54.5 Å². The van der Waals surface area contributed by atoms with Gasteiger partial charge in [-0.2, -0.15) is 17.6 Å². The lowest BCUT2D eigenvalue weighted by Crippen LogP contribution is -2.48. The van der Waals surface area contributed by atoms with Gasteiger partial charge in [-0.3, -0.25) is 9.59 Å². The predicted octanol–water partition coefficient (Wildman–Crippen LogP) is 4.36. The summed E-state index contributed by atoms with van der Waals surface area (Å²) in [5, 5.41) is 9.44. The number of hydrogen-bond donors (Lipinski definition) is 2. The molecular formula is C30H33Cl2N5O9S. The fourth-order valence-electron chi connectivity index (χ4n) is 4.44. The summed E-state index contributed by atoms with van der Waals surface area (Å²) in [7, 11) is -3.19. The molecule has 0 aliphatic carbocycles. The van der Waals surface area contributed by atoms with Gasteiger partial charge in [0.25, 0.3) is 21.8 Å². The number of halogens is 2. The molecule has 0 radical (unpaired) electrons. The second kappa shape index (κ2) is 14.6. The minimum atomic E-state index is -4.39. The number of piperidine rings is 1. The van der Waals surface area contributed by atoms with Gasteiger partial charge in [0, 0.05) is 19.1 Å². The summed E-state index contributed by atoms with van der Waals surface area (Å²) in [5.41, 5.74) is -1.36. The van der Waals surface area contributed by atoms with Crippen molar-refractivity contribution in [2.45, 2.75) is 50.2 Å². The molecule has 2 heterocycles. The summed E-state index contributed by atoms with van der Waals surface area (Å²) in [5.74, 6) is -1.98. The quantitative estimate of drug-likeness (QED) is 0.304. The highest BCUT2D eigenvalue weighted by Gasteiger charge is 2.31. The molecule has 0 atom stereocenters. The molecule has 0 bridgehead atoms. The van der Waals surface area contributed by atoms with Gasteiger partial charge in [-0.1, -0.05) is 29.3 Å². The Labute approximate surface area is 281 Å². The molecule has 0 unspecified atom stereocenters. The van der Waals surface area contributed by atoms with Crippen molar-refractivity contribution in [3.8, 4) is 5.75 Å². The van der Waals surface area contributed by atoms with E-state index in [1.54, 1.807) is 31.7 Å². The molecule has 2 aromatic carbocycles. The minimum absolute atomic E-state index is 0.0345. The van der Waals surface area contributed by atoms with E-state index in [1.165, 1.54) is 43.5 Å². The van der Waals surface area contributed by atoms with Gasteiger partial charge in [-0.05, 0) is 70.0 Å². The van der Waals surface area contributed by atoms with E-state index in [1.807, 2.05) is 0 Å². The zero-order valence-electron chi connectivity index (χ0n) is 25.9. The first-order chi connectivity index (χ1) is 22.1. The number of nitrogens with zero attached hydrogens (tertiary/aromatic N) is 3. The van der Waals surface area contributed by atoms with Gasteiger partial charge in [0.2, 0.25) is 0 Å². The van der Waals surface area contributed by atoms with Crippen molar-refractivity contribution in [3.05, 3.63) is 70.0 Å². The number of esters is 1. The standard InChI is InChI=1S/C30H33Cl2N5O9S/c1-30(2,3)46-29(41)36-14-12-18(13-15-36)33-28(40)26-23(34-27(39)25-21(31)6-5-7-22(25)32)16-37(35-26)47(42,43)20-10-8-19(9-11-20)45-17-24(38)44-4/h5-11,16,18H,12-15,17H2,1-4H3,(H,33,40)(H,34,39). The van der Waals surface area contributed by atoms with Gasteiger partial charge >= 0.3 is 12.1 Å². The number of nitrogens with one attached hydrogen (secondary N) is 2. The highest BCUT2D eigenvalue weighted by atomic mass is 35.5. The summed E-state index contributed by atoms with van der Waals surface area (Å²) >= 11 is 12.4. The maximum absolute atomic E-state index is 13.5. The summed E-state index contributed by atoms with van der Waals surface area (Å²) in [4.78, 5) is 51.9. The third kappa shape index (κ3) is 8.93. The Bertz CT molecular complexity index is 1740. The number of benzene rings is 2. The lowest BCUT2D eigenvalue weighted by Gasteiger charge is -2.33. The Balaban J connectivity index is 1.58. The molecule has 1 saturated heterocycles. The van der Waals surface area contributed by atoms with Crippen LogP contribution in [0.25, 0.3) is 0 Å². The predicted molar refractivity (Wildman–Crippen MR) is 171 cm³/mol. The third-order valence-electron chi connectivity index (χ3n) is 6.78. The van der Waals surface area contributed by atoms with Gasteiger partial charge in [0.1, 0.15) is 11.4 Å². The maximum Gasteiger partial charge on any atom is 0.410 e. The lowest BCUT2D eigenvalue weighted by molar-refractivity contribution is -0.142. The van der Waals surface area contributed by atoms with Crippen molar-refractivity contribution in [1.29, 1.82) is 0 Å². The molecule has 3 aromatic rings. The first kappa shape index (κ1) is 35.5. The Kier molecular flexibility index (Phi) is 11.0. The highest BCUT2D eigenvalue weighted by molar-refractivity contribution is 7.89. The van der Waals surface area contributed by atoms with Crippen LogP contribution in [-0.4, -0.2) is 84.8 Å². The number of carbonyl (C=O) groups excluding carboxylic acids is 4. The van der Waals surface area contributed by atoms with Crippen molar-refractivity contribution < 1.29 is 41.8 Å². The number of rotatable bonds is 9. The van der Waals surface area contributed by atoms with Crippen LogP contribution in [0.3, 0.4) is 0 Å². The molecule has 1 aliphatic rings. The maximum atomic E-state index is 13.5. The molecule has 1 aliphatic heterocycles. The summed E-state index contributed by atoms with van der Waals surface area (Å²) < 4.78 is 42.9. The smallest absolute Gasteiger partial charge is 0.410 e. The van der Waals surface area contributed by atoms with Crippen molar-refractivity contribution in [1.82, 2.24) is 19.4 Å². The topological polar surface area (TPSA) is 175 Å². The van der Waals surface area contributed by atoms with E-state index in [0.29, 0.717) is 30.0 Å². The first-order valence-electron chi connectivity index (χ1n) is 14.3. The van der Waals surface area contributed by atoms with Crippen LogP contribution in [0.4, 0.5) is 10.5 Å². The minimum Gasteiger partial charge on any atom is -0.482 e. The molecule has 2 N–H and O–H groups in total. The third-order valence-corrected chi connectivity index (χ3v) is 8.96. The number of likely N-dealkylation sites (tertiary alicyclic amines) is 1. The van der Waals surface area contributed by atoms with Gasteiger partial charge < -0.3 is 29.7 Å². The fraction of sp³-hybridized carbons (Fsp3) is 0.367. The zero-order valence-corrected chi connectivity index (χ0v) is 28.2. The van der Waals surface area contributed by atoms with E-state index in [4.69, 9.17) is 32.7 Å². The van der Waals surface area contributed by atoms with Crippen LogP contribution in [0.2, 0.25) is 10.0 Å². The van der Waals surface area contributed by atoms with E-state index in [0.717, 1.165) is 6.20 Å². The SMILES string of the molecule is COC(=O)COc1ccc(S(=O)(=O)n2cc(NC(=O)c3c(Cl)cccc3Cl)c(C(=O)NC3CCN(C(=O)OC(C)(C)C)CC3)n2)cc1. The summed E-state index contributed by atoms with van der Waals surface area (Å²) in [6, 6.07) is 9.18. The number of ether oxygens (including phenoxy) is 3. The molecule has 17 heteroatoms. The monoisotopic (exact) mass is 709 g/mol.